The molecule has 1 aromatic rings. The number of carboxylic acid groups (broad SMARTS) is 1. The molecule has 1 aliphatic rings. The highest BCUT2D eigenvalue weighted by molar-refractivity contribution is 6.31. The lowest BCUT2D eigenvalue weighted by atomic mass is 9.95. The van der Waals surface area contributed by atoms with Crippen molar-refractivity contribution in [2.45, 2.75) is 20.3 Å². The van der Waals surface area contributed by atoms with Crippen molar-refractivity contribution in [3.05, 3.63) is 34.9 Å². The van der Waals surface area contributed by atoms with Gasteiger partial charge in [0.15, 0.2) is 0 Å². The van der Waals surface area contributed by atoms with E-state index in [4.69, 9.17) is 16.7 Å². The van der Waals surface area contributed by atoms with Gasteiger partial charge in [-0.3, -0.25) is 0 Å². The van der Waals surface area contributed by atoms with E-state index in [1.54, 1.807) is 12.1 Å². The molecule has 1 aromatic carbocycles. The van der Waals surface area contributed by atoms with E-state index in [0.717, 1.165) is 24.3 Å². The molecule has 1 aliphatic heterocycles. The lowest BCUT2D eigenvalue weighted by molar-refractivity contribution is -0.131. The minimum Gasteiger partial charge on any atom is -0.478 e. The lowest BCUT2D eigenvalue weighted by Gasteiger charge is -2.22. The molecule has 0 aromatic heterocycles. The quantitative estimate of drug-likeness (QED) is 0.855. The van der Waals surface area contributed by atoms with Crippen LogP contribution < -0.4 is 4.90 Å². The van der Waals surface area contributed by atoms with E-state index >= 15 is 0 Å². The van der Waals surface area contributed by atoms with Crippen LogP contribution in [-0.2, 0) is 4.79 Å². The number of hydrogen-bond acceptors (Lipinski definition) is 2. The molecule has 4 heteroatoms. The molecule has 0 saturated carbocycles. The van der Waals surface area contributed by atoms with Gasteiger partial charge in [0.1, 0.15) is 0 Å². The maximum absolute atomic E-state index is 10.7. The van der Waals surface area contributed by atoms with Gasteiger partial charge >= 0.3 is 5.97 Å². The zero-order chi connectivity index (χ0) is 14.7. The molecule has 20 heavy (non-hydrogen) atoms. The van der Waals surface area contributed by atoms with Gasteiger partial charge in [0.05, 0.1) is 0 Å². The summed E-state index contributed by atoms with van der Waals surface area (Å²) in [7, 11) is 0. The van der Waals surface area contributed by atoms with Crippen molar-refractivity contribution in [1.29, 1.82) is 0 Å². The molecule has 1 saturated heterocycles. The number of nitrogens with zero attached hydrogens (tertiary/aromatic N) is 1. The summed E-state index contributed by atoms with van der Waals surface area (Å²) < 4.78 is 0. The van der Waals surface area contributed by atoms with Gasteiger partial charge in [-0.25, -0.2) is 4.79 Å². The van der Waals surface area contributed by atoms with E-state index in [1.807, 2.05) is 12.1 Å². The first-order valence-electron chi connectivity index (χ1n) is 6.93. The predicted octanol–water partition coefficient (Wildman–Crippen LogP) is 3.92. The SMILES string of the molecule is CC(C)C1CCN(c2cc(Cl)ccc2/C=C/C(=O)O)C1. The summed E-state index contributed by atoms with van der Waals surface area (Å²) in [4.78, 5) is 13.0. The average molecular weight is 294 g/mol. The first-order chi connectivity index (χ1) is 9.47. The number of benzene rings is 1. The van der Waals surface area contributed by atoms with Gasteiger partial charge in [0.25, 0.3) is 0 Å². The summed E-state index contributed by atoms with van der Waals surface area (Å²) >= 11 is 6.09. The summed E-state index contributed by atoms with van der Waals surface area (Å²) in [6.07, 6.45) is 3.98. The van der Waals surface area contributed by atoms with Crippen LogP contribution in [0.2, 0.25) is 5.02 Å². The molecule has 108 valence electrons. The number of hydrogen-bond donors (Lipinski definition) is 1. The Hall–Kier alpha value is -1.48. The van der Waals surface area contributed by atoms with Crippen molar-refractivity contribution in [2.75, 3.05) is 18.0 Å². The van der Waals surface area contributed by atoms with Crippen LogP contribution >= 0.6 is 11.6 Å². The first kappa shape index (κ1) is 14.9. The van der Waals surface area contributed by atoms with Crippen molar-refractivity contribution in [3.8, 4) is 0 Å². The minimum absolute atomic E-state index is 0.664. The van der Waals surface area contributed by atoms with Gasteiger partial charge in [-0.1, -0.05) is 31.5 Å². The molecule has 0 spiro atoms. The van der Waals surface area contributed by atoms with Crippen LogP contribution in [0, 0.1) is 11.8 Å². The molecular formula is C16H20ClNO2. The fourth-order valence-corrected chi connectivity index (χ4v) is 2.81. The molecule has 2 rings (SSSR count). The number of anilines is 1. The third-order valence-corrected chi connectivity index (χ3v) is 4.14. The molecule has 0 bridgehead atoms. The molecule has 1 unspecified atom stereocenters. The van der Waals surface area contributed by atoms with Crippen LogP contribution in [0.4, 0.5) is 5.69 Å². The minimum atomic E-state index is -0.938. The molecule has 1 atom stereocenters. The Morgan fingerprint density at radius 1 is 1.50 bits per heavy atom. The molecule has 1 heterocycles. The standard InChI is InChI=1S/C16H20ClNO2/c1-11(2)13-7-8-18(10-13)15-9-14(17)5-3-12(15)4-6-16(19)20/h3-6,9,11,13H,7-8,10H2,1-2H3,(H,19,20)/b6-4+. The van der Waals surface area contributed by atoms with Crippen LogP contribution in [-0.4, -0.2) is 24.2 Å². The zero-order valence-electron chi connectivity index (χ0n) is 11.8. The third kappa shape index (κ3) is 3.54. The molecule has 3 nitrogen and oxygen atoms in total. The molecular weight excluding hydrogens is 274 g/mol. The van der Waals surface area contributed by atoms with E-state index in [0.29, 0.717) is 16.9 Å². The van der Waals surface area contributed by atoms with E-state index in [9.17, 15) is 4.79 Å². The molecule has 0 radical (unpaired) electrons. The highest BCUT2D eigenvalue weighted by Gasteiger charge is 2.26. The predicted molar refractivity (Wildman–Crippen MR) is 83.3 cm³/mol. The summed E-state index contributed by atoms with van der Waals surface area (Å²) in [5.41, 5.74) is 1.93. The fraction of sp³-hybridized carbons (Fsp3) is 0.438. The van der Waals surface area contributed by atoms with Crippen molar-refractivity contribution < 1.29 is 9.90 Å². The van der Waals surface area contributed by atoms with Crippen molar-refractivity contribution >= 4 is 29.3 Å². The van der Waals surface area contributed by atoms with Crippen LogP contribution in [0.25, 0.3) is 6.08 Å². The summed E-state index contributed by atoms with van der Waals surface area (Å²) in [5.74, 6) is 0.412. The normalized spacial score (nSPS) is 19.2. The van der Waals surface area contributed by atoms with Gasteiger partial charge in [0, 0.05) is 29.9 Å². The van der Waals surface area contributed by atoms with E-state index < -0.39 is 5.97 Å². The highest BCUT2D eigenvalue weighted by Crippen LogP contribution is 2.32. The van der Waals surface area contributed by atoms with Crippen LogP contribution in [0.1, 0.15) is 25.8 Å². The molecule has 1 N–H and O–H groups in total. The van der Waals surface area contributed by atoms with E-state index in [1.165, 1.54) is 12.5 Å². The van der Waals surface area contributed by atoms with Crippen molar-refractivity contribution in [1.82, 2.24) is 0 Å². The van der Waals surface area contributed by atoms with Gasteiger partial charge in [-0.2, -0.15) is 0 Å². The zero-order valence-corrected chi connectivity index (χ0v) is 12.6. The topological polar surface area (TPSA) is 40.5 Å². The Labute approximate surface area is 124 Å². The number of carbonyl (C=O) groups is 1. The second-order valence-corrected chi connectivity index (χ2v) is 6.05. The van der Waals surface area contributed by atoms with Crippen LogP contribution in [0.15, 0.2) is 24.3 Å². The number of carboxylic acids is 1. The highest BCUT2D eigenvalue weighted by atomic mass is 35.5. The van der Waals surface area contributed by atoms with Gasteiger partial charge in [0.2, 0.25) is 0 Å². The van der Waals surface area contributed by atoms with Crippen molar-refractivity contribution in [2.24, 2.45) is 11.8 Å². The number of aliphatic carboxylic acids is 1. The Kier molecular flexibility index (Phi) is 4.71. The monoisotopic (exact) mass is 293 g/mol. The average Bonchev–Trinajstić information content (AvgIpc) is 2.86. The number of rotatable bonds is 4. The fourth-order valence-electron chi connectivity index (χ4n) is 2.64. The largest absolute Gasteiger partial charge is 0.478 e. The smallest absolute Gasteiger partial charge is 0.328 e. The van der Waals surface area contributed by atoms with E-state index in [-0.39, 0.29) is 0 Å². The lowest BCUT2D eigenvalue weighted by Crippen LogP contribution is -2.22. The molecule has 1 fully saturated rings. The molecule has 0 aliphatic carbocycles. The van der Waals surface area contributed by atoms with Crippen LogP contribution in [0.3, 0.4) is 0 Å². The number of halogens is 1. The first-order valence-corrected chi connectivity index (χ1v) is 7.30. The van der Waals surface area contributed by atoms with Gasteiger partial charge in [-0.05, 0) is 42.0 Å². The third-order valence-electron chi connectivity index (χ3n) is 3.91. The summed E-state index contributed by atoms with van der Waals surface area (Å²) in [5, 5.41) is 9.45. The van der Waals surface area contributed by atoms with E-state index in [2.05, 4.69) is 18.7 Å². The Bertz CT molecular complexity index is 525. The van der Waals surface area contributed by atoms with Gasteiger partial charge in [-0.15, -0.1) is 0 Å². The second-order valence-electron chi connectivity index (χ2n) is 5.61. The maximum Gasteiger partial charge on any atom is 0.328 e. The Morgan fingerprint density at radius 2 is 2.25 bits per heavy atom. The second kappa shape index (κ2) is 6.31. The maximum atomic E-state index is 10.7. The van der Waals surface area contributed by atoms with Gasteiger partial charge < -0.3 is 10.0 Å². The molecule has 0 amide bonds. The Morgan fingerprint density at radius 3 is 2.85 bits per heavy atom. The summed E-state index contributed by atoms with van der Waals surface area (Å²) in [6.45, 7) is 6.50. The Balaban J connectivity index is 2.26. The summed E-state index contributed by atoms with van der Waals surface area (Å²) in [6, 6.07) is 5.59. The van der Waals surface area contributed by atoms with Crippen LogP contribution in [0.5, 0.6) is 0 Å². The van der Waals surface area contributed by atoms with Crippen molar-refractivity contribution in [3.63, 3.8) is 0 Å².